The molecule has 0 spiro atoms. The molecule has 14 heavy (non-hydrogen) atoms. The van der Waals surface area contributed by atoms with Gasteiger partial charge in [-0.3, -0.25) is 0 Å². The van der Waals surface area contributed by atoms with E-state index in [-0.39, 0.29) is 12.5 Å². The lowest BCUT2D eigenvalue weighted by Crippen LogP contribution is -2.59. The third kappa shape index (κ3) is 2.07. The molecule has 1 heterocycles. The predicted octanol–water partition coefficient (Wildman–Crippen LogP) is -1.52. The normalized spacial score (nSPS) is 44.4. The maximum atomic E-state index is 9.57. The molecule has 84 valence electrons. The van der Waals surface area contributed by atoms with Crippen LogP contribution in [0.1, 0.15) is 13.8 Å². The molecule has 5 nitrogen and oxygen atoms in total. The lowest BCUT2D eigenvalue weighted by molar-refractivity contribution is -0.238. The number of hydrogen-bond acceptors (Lipinski definition) is 5. The molecule has 1 aliphatic rings. The van der Waals surface area contributed by atoms with E-state index < -0.39 is 30.5 Å². The minimum atomic E-state index is -1.26. The Labute approximate surface area is 82.9 Å². The number of aliphatic hydroxyl groups is 4. The highest BCUT2D eigenvalue weighted by Gasteiger charge is 2.44. The molecule has 1 unspecified atom stereocenters. The van der Waals surface area contributed by atoms with Crippen molar-refractivity contribution in [3.8, 4) is 0 Å². The van der Waals surface area contributed by atoms with Gasteiger partial charge < -0.3 is 25.2 Å². The zero-order valence-corrected chi connectivity index (χ0v) is 8.37. The standard InChI is InChI=1S/C9H18O5/c1-4(2)9-8(13)7(12)6(11)5(3-10)14-9/h4-13H,3H2,1-2H3/t5-,6+,7+,8-,9?/m1/s1. The fraction of sp³-hybridized carbons (Fsp3) is 1.00. The second-order valence-corrected chi connectivity index (χ2v) is 4.04. The van der Waals surface area contributed by atoms with Crippen molar-refractivity contribution in [2.24, 2.45) is 5.92 Å². The largest absolute Gasteiger partial charge is 0.394 e. The summed E-state index contributed by atoms with van der Waals surface area (Å²) >= 11 is 0. The summed E-state index contributed by atoms with van der Waals surface area (Å²) in [6.07, 6.45) is -4.96. The Balaban J connectivity index is 2.73. The summed E-state index contributed by atoms with van der Waals surface area (Å²) in [4.78, 5) is 0. The summed E-state index contributed by atoms with van der Waals surface area (Å²) in [5.74, 6) is 0.0150. The fourth-order valence-electron chi connectivity index (χ4n) is 1.68. The van der Waals surface area contributed by atoms with Gasteiger partial charge in [0.15, 0.2) is 0 Å². The SMILES string of the molecule is CC(C)C1O[C@H](CO)[C@H](O)[C@H](O)[C@H]1O. The summed E-state index contributed by atoms with van der Waals surface area (Å²) < 4.78 is 5.28. The van der Waals surface area contributed by atoms with Gasteiger partial charge in [-0.25, -0.2) is 0 Å². The monoisotopic (exact) mass is 206 g/mol. The van der Waals surface area contributed by atoms with Gasteiger partial charge in [-0.1, -0.05) is 13.8 Å². The van der Waals surface area contributed by atoms with Crippen LogP contribution < -0.4 is 0 Å². The summed E-state index contributed by atoms with van der Waals surface area (Å²) in [6, 6.07) is 0. The first kappa shape index (κ1) is 11.9. The van der Waals surface area contributed by atoms with E-state index in [0.29, 0.717) is 0 Å². The van der Waals surface area contributed by atoms with E-state index in [1.54, 1.807) is 0 Å². The van der Waals surface area contributed by atoms with Crippen LogP contribution in [0.3, 0.4) is 0 Å². The summed E-state index contributed by atoms with van der Waals surface area (Å²) in [7, 11) is 0. The molecule has 1 saturated heterocycles. The highest BCUT2D eigenvalue weighted by molar-refractivity contribution is 4.92. The van der Waals surface area contributed by atoms with Gasteiger partial charge in [0.1, 0.15) is 24.4 Å². The highest BCUT2D eigenvalue weighted by atomic mass is 16.5. The molecular formula is C9H18O5. The minimum absolute atomic E-state index is 0.0150. The fourth-order valence-corrected chi connectivity index (χ4v) is 1.68. The predicted molar refractivity (Wildman–Crippen MR) is 48.6 cm³/mol. The Kier molecular flexibility index (Phi) is 3.86. The van der Waals surface area contributed by atoms with Crippen LogP contribution in [-0.4, -0.2) is 57.6 Å². The zero-order chi connectivity index (χ0) is 10.9. The lowest BCUT2D eigenvalue weighted by atomic mass is 9.90. The van der Waals surface area contributed by atoms with Crippen LogP contribution in [0.2, 0.25) is 0 Å². The molecule has 0 aromatic heterocycles. The van der Waals surface area contributed by atoms with Crippen LogP contribution in [-0.2, 0) is 4.74 Å². The van der Waals surface area contributed by atoms with E-state index in [9.17, 15) is 15.3 Å². The number of aliphatic hydroxyl groups excluding tert-OH is 4. The second kappa shape index (κ2) is 4.55. The van der Waals surface area contributed by atoms with Crippen molar-refractivity contribution in [3.63, 3.8) is 0 Å². The van der Waals surface area contributed by atoms with Crippen molar-refractivity contribution in [2.45, 2.75) is 44.4 Å². The third-order valence-corrected chi connectivity index (χ3v) is 2.59. The quantitative estimate of drug-likeness (QED) is 0.441. The molecular weight excluding hydrogens is 188 g/mol. The summed E-state index contributed by atoms with van der Waals surface area (Å²) in [5.41, 5.74) is 0. The molecule has 0 aliphatic carbocycles. The van der Waals surface area contributed by atoms with Crippen molar-refractivity contribution in [2.75, 3.05) is 6.61 Å². The van der Waals surface area contributed by atoms with Gasteiger partial charge in [0, 0.05) is 0 Å². The Morgan fingerprint density at radius 3 is 2.07 bits per heavy atom. The maximum Gasteiger partial charge on any atom is 0.111 e. The first-order chi connectivity index (χ1) is 6.49. The van der Waals surface area contributed by atoms with Crippen molar-refractivity contribution >= 4 is 0 Å². The van der Waals surface area contributed by atoms with Crippen LogP contribution in [0.25, 0.3) is 0 Å². The van der Waals surface area contributed by atoms with Crippen molar-refractivity contribution in [1.29, 1.82) is 0 Å². The smallest absolute Gasteiger partial charge is 0.111 e. The third-order valence-electron chi connectivity index (χ3n) is 2.59. The molecule has 0 radical (unpaired) electrons. The van der Waals surface area contributed by atoms with Crippen molar-refractivity contribution < 1.29 is 25.2 Å². The molecule has 1 aliphatic heterocycles. The Bertz CT molecular complexity index is 182. The number of rotatable bonds is 2. The number of ether oxygens (including phenoxy) is 1. The molecule has 5 heteroatoms. The topological polar surface area (TPSA) is 90.2 Å². The lowest BCUT2D eigenvalue weighted by Gasteiger charge is -2.41. The molecule has 0 amide bonds. The van der Waals surface area contributed by atoms with Gasteiger partial charge >= 0.3 is 0 Å². The van der Waals surface area contributed by atoms with Crippen molar-refractivity contribution in [1.82, 2.24) is 0 Å². The molecule has 0 aromatic carbocycles. The molecule has 1 rings (SSSR count). The average molecular weight is 206 g/mol. The minimum Gasteiger partial charge on any atom is -0.394 e. The Morgan fingerprint density at radius 1 is 1.07 bits per heavy atom. The second-order valence-electron chi connectivity index (χ2n) is 4.04. The first-order valence-electron chi connectivity index (χ1n) is 4.79. The average Bonchev–Trinajstić information content (AvgIpc) is 2.14. The summed E-state index contributed by atoms with van der Waals surface area (Å²) in [6.45, 7) is 3.31. The summed E-state index contributed by atoms with van der Waals surface area (Å²) in [5, 5.41) is 37.4. The molecule has 0 bridgehead atoms. The van der Waals surface area contributed by atoms with Crippen LogP contribution >= 0.6 is 0 Å². The van der Waals surface area contributed by atoms with E-state index >= 15 is 0 Å². The first-order valence-corrected chi connectivity index (χ1v) is 4.79. The Hall–Kier alpha value is -0.200. The Morgan fingerprint density at radius 2 is 1.64 bits per heavy atom. The van der Waals surface area contributed by atoms with E-state index in [2.05, 4.69) is 0 Å². The van der Waals surface area contributed by atoms with Crippen LogP contribution in [0.15, 0.2) is 0 Å². The molecule has 0 aromatic rings. The van der Waals surface area contributed by atoms with Crippen LogP contribution in [0.5, 0.6) is 0 Å². The van der Waals surface area contributed by atoms with E-state index in [0.717, 1.165) is 0 Å². The van der Waals surface area contributed by atoms with E-state index in [4.69, 9.17) is 9.84 Å². The zero-order valence-electron chi connectivity index (χ0n) is 8.37. The highest BCUT2D eigenvalue weighted by Crippen LogP contribution is 2.25. The molecule has 1 fully saturated rings. The van der Waals surface area contributed by atoms with Crippen LogP contribution in [0.4, 0.5) is 0 Å². The van der Waals surface area contributed by atoms with Crippen molar-refractivity contribution in [3.05, 3.63) is 0 Å². The van der Waals surface area contributed by atoms with E-state index in [1.165, 1.54) is 0 Å². The molecule has 5 atom stereocenters. The van der Waals surface area contributed by atoms with Gasteiger partial charge in [0.2, 0.25) is 0 Å². The maximum absolute atomic E-state index is 9.57. The van der Waals surface area contributed by atoms with Gasteiger partial charge in [-0.2, -0.15) is 0 Å². The number of hydrogen-bond donors (Lipinski definition) is 4. The molecule has 4 N–H and O–H groups in total. The van der Waals surface area contributed by atoms with Gasteiger partial charge in [0.25, 0.3) is 0 Å². The molecule has 0 saturated carbocycles. The van der Waals surface area contributed by atoms with Gasteiger partial charge in [0.05, 0.1) is 12.7 Å². The van der Waals surface area contributed by atoms with E-state index in [1.807, 2.05) is 13.8 Å². The van der Waals surface area contributed by atoms with Gasteiger partial charge in [-0.05, 0) is 5.92 Å². The van der Waals surface area contributed by atoms with Gasteiger partial charge in [-0.15, -0.1) is 0 Å². The van der Waals surface area contributed by atoms with Crippen LogP contribution in [0, 0.1) is 5.92 Å².